The number of phenols is 1. The minimum absolute atomic E-state index is 0.115. The molecule has 0 atom stereocenters. The second-order valence-electron chi connectivity index (χ2n) is 2.44. The normalized spacial score (nSPS) is 7.88. The van der Waals surface area contributed by atoms with Gasteiger partial charge in [0, 0.05) is 5.56 Å². The first-order valence-electron chi connectivity index (χ1n) is 5.39. The minimum atomic E-state index is -0.325. The Hall–Kier alpha value is -1.16. The molecule has 0 aromatic heterocycles. The first-order chi connectivity index (χ1) is 7.65. The van der Waals surface area contributed by atoms with Gasteiger partial charge in [-0.25, -0.2) is 0 Å². The zero-order valence-corrected chi connectivity index (χ0v) is 11.4. The summed E-state index contributed by atoms with van der Waals surface area (Å²) in [5.74, 6) is -0.210. The van der Waals surface area contributed by atoms with Gasteiger partial charge in [-0.2, -0.15) is 0 Å². The maximum Gasteiger partial charge on any atom is 0.261 e. The van der Waals surface area contributed by atoms with E-state index in [2.05, 4.69) is 17.5 Å². The molecule has 0 saturated carbocycles. The van der Waals surface area contributed by atoms with E-state index in [1.165, 1.54) is 6.07 Å². The zero-order valence-electron chi connectivity index (χ0n) is 10.5. The smallest absolute Gasteiger partial charge is 0.261 e. The van der Waals surface area contributed by atoms with Crippen LogP contribution in [0.3, 0.4) is 0 Å². The second kappa shape index (κ2) is 10.4. The number of hydrogen-bond donors (Lipinski definition) is 3. The van der Waals surface area contributed by atoms with E-state index in [1.54, 1.807) is 19.1 Å². The number of aromatic hydroxyl groups is 1. The monoisotopic (exact) mass is 243 g/mol. The van der Waals surface area contributed by atoms with E-state index >= 15 is 0 Å². The summed E-state index contributed by atoms with van der Waals surface area (Å²) >= 11 is 3.61. The van der Waals surface area contributed by atoms with Gasteiger partial charge in [0.25, 0.3) is 5.91 Å². The molecule has 0 saturated heterocycles. The average Bonchev–Trinajstić information content (AvgIpc) is 2.36. The van der Waals surface area contributed by atoms with E-state index in [4.69, 9.17) is 0 Å². The number of carbonyl (C=O) groups excluding carboxylic acids is 1. The van der Waals surface area contributed by atoms with E-state index in [9.17, 15) is 9.90 Å². The van der Waals surface area contributed by atoms with Crippen LogP contribution in [0, 0.1) is 6.92 Å². The van der Waals surface area contributed by atoms with E-state index < -0.39 is 0 Å². The standard InChI is InChI=1S/C8H9NO2S.2C2H6/c1-5-2-3-6(4-7(5)10)8(11)9-12;2*1-2/h2-4,10,12H,1H3,(H,9,11);2*1-2H3. The van der Waals surface area contributed by atoms with Crippen molar-refractivity contribution in [3.05, 3.63) is 29.3 Å². The largest absolute Gasteiger partial charge is 0.508 e. The summed E-state index contributed by atoms with van der Waals surface area (Å²) in [6.07, 6.45) is 0. The lowest BCUT2D eigenvalue weighted by Gasteiger charge is -2.01. The van der Waals surface area contributed by atoms with Crippen molar-refractivity contribution in [2.24, 2.45) is 0 Å². The predicted molar refractivity (Wildman–Crippen MR) is 72.0 cm³/mol. The molecule has 16 heavy (non-hydrogen) atoms. The fraction of sp³-hybridized carbons (Fsp3) is 0.417. The van der Waals surface area contributed by atoms with Crippen LogP contribution < -0.4 is 4.72 Å². The molecule has 4 heteroatoms. The Morgan fingerprint density at radius 3 is 2.12 bits per heavy atom. The molecule has 0 spiro atoms. The number of benzene rings is 1. The molecule has 2 N–H and O–H groups in total. The Morgan fingerprint density at radius 2 is 1.75 bits per heavy atom. The third kappa shape index (κ3) is 5.66. The van der Waals surface area contributed by atoms with Gasteiger partial charge in [0.05, 0.1) is 0 Å². The molecule has 1 rings (SSSR count). The lowest BCUT2D eigenvalue weighted by atomic mass is 10.1. The summed E-state index contributed by atoms with van der Waals surface area (Å²) in [7, 11) is 0. The topological polar surface area (TPSA) is 49.3 Å². The average molecular weight is 243 g/mol. The summed E-state index contributed by atoms with van der Waals surface area (Å²) in [6.45, 7) is 9.76. The van der Waals surface area contributed by atoms with Gasteiger partial charge in [-0.3, -0.25) is 9.52 Å². The fourth-order valence-electron chi connectivity index (χ4n) is 0.815. The third-order valence-corrected chi connectivity index (χ3v) is 1.78. The second-order valence-corrected chi connectivity index (χ2v) is 2.67. The number of aryl methyl sites for hydroxylation is 1. The quantitative estimate of drug-likeness (QED) is 0.663. The number of phenolic OH excluding ortho intramolecular Hbond substituents is 1. The van der Waals surface area contributed by atoms with Crippen molar-refractivity contribution in [3.63, 3.8) is 0 Å². The van der Waals surface area contributed by atoms with Gasteiger partial charge in [0.2, 0.25) is 0 Å². The molecule has 3 nitrogen and oxygen atoms in total. The van der Waals surface area contributed by atoms with Crippen molar-refractivity contribution >= 4 is 18.7 Å². The Kier molecular flexibility index (Phi) is 11.2. The molecule has 0 heterocycles. The molecule has 1 aromatic rings. The van der Waals surface area contributed by atoms with Gasteiger partial charge in [-0.15, -0.1) is 0 Å². The first kappa shape index (κ1) is 17.2. The van der Waals surface area contributed by atoms with Crippen molar-refractivity contribution < 1.29 is 9.90 Å². The Bertz CT molecular complexity index is 314. The highest BCUT2D eigenvalue weighted by molar-refractivity contribution is 7.78. The molecular weight excluding hydrogens is 222 g/mol. The van der Waals surface area contributed by atoms with Crippen LogP contribution >= 0.6 is 12.8 Å². The molecule has 0 bridgehead atoms. The Morgan fingerprint density at radius 1 is 1.25 bits per heavy atom. The van der Waals surface area contributed by atoms with Crippen LogP contribution in [-0.2, 0) is 0 Å². The van der Waals surface area contributed by atoms with Crippen molar-refractivity contribution in [2.45, 2.75) is 34.6 Å². The van der Waals surface area contributed by atoms with Gasteiger partial charge in [-0.05, 0) is 24.6 Å². The highest BCUT2D eigenvalue weighted by Gasteiger charge is 2.04. The maximum absolute atomic E-state index is 11.0. The van der Waals surface area contributed by atoms with Crippen LogP contribution in [0.2, 0.25) is 0 Å². The highest BCUT2D eigenvalue weighted by Crippen LogP contribution is 2.17. The number of rotatable bonds is 1. The molecule has 0 fully saturated rings. The highest BCUT2D eigenvalue weighted by atomic mass is 32.1. The van der Waals surface area contributed by atoms with Crippen LogP contribution in [-0.4, -0.2) is 11.0 Å². The van der Waals surface area contributed by atoms with Crippen molar-refractivity contribution in [3.8, 4) is 5.75 Å². The molecule has 1 amide bonds. The SMILES string of the molecule is CC.CC.Cc1ccc(C(=O)NS)cc1O. The van der Waals surface area contributed by atoms with E-state index in [-0.39, 0.29) is 11.7 Å². The summed E-state index contributed by atoms with van der Waals surface area (Å²) in [5.41, 5.74) is 1.14. The minimum Gasteiger partial charge on any atom is -0.508 e. The maximum atomic E-state index is 11.0. The van der Waals surface area contributed by atoms with Gasteiger partial charge >= 0.3 is 0 Å². The number of carbonyl (C=O) groups is 1. The molecule has 0 aliphatic carbocycles. The summed E-state index contributed by atoms with van der Waals surface area (Å²) in [5, 5.41) is 9.24. The molecule has 0 radical (unpaired) electrons. The Labute approximate surface area is 103 Å². The zero-order chi connectivity index (χ0) is 13.1. The number of thiol groups is 1. The van der Waals surface area contributed by atoms with Crippen molar-refractivity contribution in [1.82, 2.24) is 4.72 Å². The fourth-order valence-corrected chi connectivity index (χ4v) is 0.944. The molecule has 0 aliphatic rings. The number of hydrogen-bond acceptors (Lipinski definition) is 3. The summed E-state index contributed by atoms with van der Waals surface area (Å²) < 4.78 is 2.17. The molecule has 0 aliphatic heterocycles. The number of nitrogens with one attached hydrogen (secondary N) is 1. The third-order valence-electron chi connectivity index (χ3n) is 1.57. The van der Waals surface area contributed by atoms with Crippen molar-refractivity contribution in [1.29, 1.82) is 0 Å². The Balaban J connectivity index is 0. The molecular formula is C12H21NO2S. The predicted octanol–water partition coefficient (Wildman–Crippen LogP) is 3.33. The number of amides is 1. The molecule has 1 aromatic carbocycles. The lowest BCUT2D eigenvalue weighted by molar-refractivity contribution is 0.0984. The van der Waals surface area contributed by atoms with Crippen LogP contribution in [0.1, 0.15) is 43.6 Å². The van der Waals surface area contributed by atoms with Crippen LogP contribution in [0.5, 0.6) is 5.75 Å². The molecule has 92 valence electrons. The first-order valence-corrected chi connectivity index (χ1v) is 5.84. The van der Waals surface area contributed by atoms with Gasteiger partial charge in [0.15, 0.2) is 0 Å². The van der Waals surface area contributed by atoms with Crippen LogP contribution in [0.25, 0.3) is 0 Å². The summed E-state index contributed by atoms with van der Waals surface area (Å²) in [4.78, 5) is 11.0. The lowest BCUT2D eigenvalue weighted by Crippen LogP contribution is -2.12. The van der Waals surface area contributed by atoms with E-state index in [0.717, 1.165) is 5.56 Å². The van der Waals surface area contributed by atoms with Gasteiger partial charge < -0.3 is 5.11 Å². The molecule has 0 unspecified atom stereocenters. The van der Waals surface area contributed by atoms with Gasteiger partial charge in [-0.1, -0.05) is 46.6 Å². The van der Waals surface area contributed by atoms with Gasteiger partial charge in [0.1, 0.15) is 5.75 Å². The van der Waals surface area contributed by atoms with E-state index in [0.29, 0.717) is 5.56 Å². The van der Waals surface area contributed by atoms with E-state index in [1.807, 2.05) is 27.7 Å². The van der Waals surface area contributed by atoms with Crippen molar-refractivity contribution in [2.75, 3.05) is 0 Å². The van der Waals surface area contributed by atoms with Crippen LogP contribution in [0.4, 0.5) is 0 Å². The van der Waals surface area contributed by atoms with Crippen LogP contribution in [0.15, 0.2) is 18.2 Å². The summed E-state index contributed by atoms with van der Waals surface area (Å²) in [6, 6.07) is 4.70.